The molecular formula is C21H30F3N3O4. The van der Waals surface area contributed by atoms with Gasteiger partial charge in [-0.15, -0.1) is 0 Å². The number of ether oxygens (including phenoxy) is 1. The lowest BCUT2D eigenvalue weighted by Crippen LogP contribution is -2.61. The van der Waals surface area contributed by atoms with Crippen molar-refractivity contribution in [1.82, 2.24) is 15.2 Å². The molecule has 0 bridgehead atoms. The molecule has 1 heterocycles. The van der Waals surface area contributed by atoms with Crippen LogP contribution in [0.4, 0.5) is 18.0 Å². The van der Waals surface area contributed by atoms with Crippen LogP contribution in [0.25, 0.3) is 0 Å². The van der Waals surface area contributed by atoms with Gasteiger partial charge in [0.1, 0.15) is 17.7 Å². The maximum absolute atomic E-state index is 13.0. The maximum atomic E-state index is 13.0. The second-order valence-corrected chi connectivity index (χ2v) is 9.06. The van der Waals surface area contributed by atoms with E-state index >= 15 is 0 Å². The summed E-state index contributed by atoms with van der Waals surface area (Å²) in [7, 11) is 0. The highest BCUT2D eigenvalue weighted by atomic mass is 19.4. The molecule has 0 radical (unpaired) electrons. The molecule has 2 unspecified atom stereocenters. The molecule has 1 aliphatic carbocycles. The van der Waals surface area contributed by atoms with Gasteiger partial charge in [-0.3, -0.25) is 9.59 Å². The number of pyridine rings is 1. The van der Waals surface area contributed by atoms with Crippen molar-refractivity contribution in [2.24, 2.45) is 5.92 Å². The molecule has 2 rings (SSSR count). The first kappa shape index (κ1) is 24.7. The third-order valence-electron chi connectivity index (χ3n) is 5.43. The first-order valence-electron chi connectivity index (χ1n) is 10.3. The Kier molecular flexibility index (Phi) is 7.44. The van der Waals surface area contributed by atoms with Crippen LogP contribution in [0.5, 0.6) is 0 Å². The van der Waals surface area contributed by atoms with Crippen molar-refractivity contribution in [3.63, 3.8) is 0 Å². The van der Waals surface area contributed by atoms with E-state index in [1.54, 1.807) is 20.8 Å². The predicted molar refractivity (Wildman–Crippen MR) is 108 cm³/mol. The second kappa shape index (κ2) is 9.32. The van der Waals surface area contributed by atoms with E-state index < -0.39 is 47.0 Å². The average molecular weight is 445 g/mol. The number of rotatable bonds is 5. The number of carbonyl (C=O) groups is 2. The van der Waals surface area contributed by atoms with Crippen molar-refractivity contribution in [3.05, 3.63) is 34.2 Å². The summed E-state index contributed by atoms with van der Waals surface area (Å²) < 4.78 is 44.9. The fourth-order valence-corrected chi connectivity index (χ4v) is 3.80. The number of carbonyl (C=O) groups excluding carboxylic acids is 2. The van der Waals surface area contributed by atoms with E-state index in [2.05, 4.69) is 10.6 Å². The number of alkyl halides is 3. The highest BCUT2D eigenvalue weighted by Gasteiger charge is 2.40. The standard InChI is InChI=1S/C21H30F3N3O4/c1-14-8-5-6-10-20(14,13-25-18(30)31-19(2,3)4)26-16(28)12-27-11-7-9-15(17(27)29)21(22,23)24/h7,9,11,14H,5-6,8,10,12-13H2,1-4H3,(H,25,30)(H,26,28). The number of aromatic nitrogens is 1. The van der Waals surface area contributed by atoms with Crippen LogP contribution in [0, 0.1) is 5.92 Å². The SMILES string of the molecule is CC1CCCCC1(CNC(=O)OC(C)(C)C)NC(=O)Cn1cccc(C(F)(F)F)c1=O. The van der Waals surface area contributed by atoms with Gasteiger partial charge in [-0.1, -0.05) is 19.8 Å². The van der Waals surface area contributed by atoms with Gasteiger partial charge in [-0.05, 0) is 51.7 Å². The van der Waals surface area contributed by atoms with E-state index in [0.29, 0.717) is 12.5 Å². The van der Waals surface area contributed by atoms with E-state index in [1.807, 2.05) is 6.92 Å². The summed E-state index contributed by atoms with van der Waals surface area (Å²) in [6.07, 6.45) is -1.07. The quantitative estimate of drug-likeness (QED) is 0.727. The minimum atomic E-state index is -4.80. The predicted octanol–water partition coefficient (Wildman–Crippen LogP) is 3.46. The van der Waals surface area contributed by atoms with Gasteiger partial charge in [0, 0.05) is 12.7 Å². The van der Waals surface area contributed by atoms with Gasteiger partial charge >= 0.3 is 12.3 Å². The molecule has 174 valence electrons. The Balaban J connectivity index is 2.16. The first-order valence-corrected chi connectivity index (χ1v) is 10.3. The van der Waals surface area contributed by atoms with Crippen molar-refractivity contribution < 1.29 is 27.5 Å². The number of hydrogen-bond acceptors (Lipinski definition) is 4. The third kappa shape index (κ3) is 6.73. The summed E-state index contributed by atoms with van der Waals surface area (Å²) in [5.41, 5.74) is -4.06. The van der Waals surface area contributed by atoms with E-state index in [9.17, 15) is 27.6 Å². The fourth-order valence-electron chi connectivity index (χ4n) is 3.80. The Morgan fingerprint density at radius 3 is 2.52 bits per heavy atom. The van der Waals surface area contributed by atoms with E-state index in [4.69, 9.17) is 4.74 Å². The molecule has 7 nitrogen and oxygen atoms in total. The molecule has 0 aliphatic heterocycles. The number of alkyl carbamates (subject to hydrolysis) is 1. The van der Waals surface area contributed by atoms with Crippen molar-refractivity contribution >= 4 is 12.0 Å². The van der Waals surface area contributed by atoms with Gasteiger partial charge in [0.05, 0.1) is 5.54 Å². The Bertz CT molecular complexity index is 861. The molecule has 0 saturated heterocycles. The first-order chi connectivity index (χ1) is 14.2. The molecule has 1 aromatic rings. The van der Waals surface area contributed by atoms with Crippen LogP contribution in [0.2, 0.25) is 0 Å². The summed E-state index contributed by atoms with van der Waals surface area (Å²) in [6.45, 7) is 6.73. The van der Waals surface area contributed by atoms with Gasteiger partial charge in [0.25, 0.3) is 5.56 Å². The Morgan fingerprint density at radius 1 is 1.26 bits per heavy atom. The highest BCUT2D eigenvalue weighted by Crippen LogP contribution is 2.33. The van der Waals surface area contributed by atoms with Gasteiger partial charge in [-0.2, -0.15) is 13.2 Å². The summed E-state index contributed by atoms with van der Waals surface area (Å²) in [4.78, 5) is 37.0. The topological polar surface area (TPSA) is 89.4 Å². The summed E-state index contributed by atoms with van der Waals surface area (Å²) in [5.74, 6) is -0.584. The summed E-state index contributed by atoms with van der Waals surface area (Å²) in [6, 6.07) is 1.77. The van der Waals surface area contributed by atoms with Crippen molar-refractivity contribution in [1.29, 1.82) is 0 Å². The number of nitrogens with zero attached hydrogens (tertiary/aromatic N) is 1. The molecule has 0 spiro atoms. The lowest BCUT2D eigenvalue weighted by atomic mass is 9.73. The van der Waals surface area contributed by atoms with Crippen LogP contribution in [0.1, 0.15) is 58.9 Å². The molecule has 31 heavy (non-hydrogen) atoms. The van der Waals surface area contributed by atoms with Crippen molar-refractivity contribution in [2.75, 3.05) is 6.54 Å². The number of nitrogens with one attached hydrogen (secondary N) is 2. The van der Waals surface area contributed by atoms with Crippen LogP contribution < -0.4 is 16.2 Å². The van der Waals surface area contributed by atoms with E-state index in [1.165, 1.54) is 0 Å². The molecule has 2 amide bonds. The molecule has 1 aliphatic rings. The van der Waals surface area contributed by atoms with Crippen LogP contribution in [-0.2, 0) is 22.3 Å². The Labute approximate surface area is 179 Å². The fraction of sp³-hybridized carbons (Fsp3) is 0.667. The maximum Gasteiger partial charge on any atom is 0.421 e. The molecule has 1 saturated carbocycles. The van der Waals surface area contributed by atoms with E-state index in [-0.39, 0.29) is 12.5 Å². The lowest BCUT2D eigenvalue weighted by Gasteiger charge is -2.43. The monoisotopic (exact) mass is 445 g/mol. The Hall–Kier alpha value is -2.52. The van der Waals surface area contributed by atoms with Gasteiger partial charge in [0.15, 0.2) is 0 Å². The minimum Gasteiger partial charge on any atom is -0.444 e. The number of hydrogen-bond donors (Lipinski definition) is 2. The largest absolute Gasteiger partial charge is 0.444 e. The molecule has 1 fully saturated rings. The van der Waals surface area contributed by atoms with Crippen molar-refractivity contribution in [2.45, 2.75) is 77.2 Å². The van der Waals surface area contributed by atoms with Gasteiger partial charge in [0.2, 0.25) is 5.91 Å². The molecule has 2 atom stereocenters. The summed E-state index contributed by atoms with van der Waals surface area (Å²) >= 11 is 0. The van der Waals surface area contributed by atoms with Crippen molar-refractivity contribution in [3.8, 4) is 0 Å². The number of amides is 2. The molecule has 0 aromatic carbocycles. The second-order valence-electron chi connectivity index (χ2n) is 9.06. The normalized spacial score (nSPS) is 22.0. The third-order valence-corrected chi connectivity index (χ3v) is 5.43. The highest BCUT2D eigenvalue weighted by molar-refractivity contribution is 5.77. The lowest BCUT2D eigenvalue weighted by molar-refractivity contribution is -0.139. The Morgan fingerprint density at radius 2 is 1.94 bits per heavy atom. The number of halogens is 3. The van der Waals surface area contributed by atoms with Crippen LogP contribution in [0.3, 0.4) is 0 Å². The summed E-state index contributed by atoms with van der Waals surface area (Å²) in [5, 5.41) is 5.58. The smallest absolute Gasteiger partial charge is 0.421 e. The zero-order chi connectivity index (χ0) is 23.4. The van der Waals surface area contributed by atoms with Gasteiger partial charge < -0.3 is 19.9 Å². The molecule has 10 heteroatoms. The minimum absolute atomic E-state index is 0.0124. The zero-order valence-electron chi connectivity index (χ0n) is 18.3. The average Bonchev–Trinajstić information content (AvgIpc) is 2.62. The van der Waals surface area contributed by atoms with E-state index in [0.717, 1.165) is 36.1 Å². The molecule has 1 aromatic heterocycles. The van der Waals surface area contributed by atoms with Crippen LogP contribution >= 0.6 is 0 Å². The molecular weight excluding hydrogens is 415 g/mol. The van der Waals surface area contributed by atoms with Gasteiger partial charge in [-0.25, -0.2) is 4.79 Å². The van der Waals surface area contributed by atoms with Crippen LogP contribution in [0.15, 0.2) is 23.1 Å². The van der Waals surface area contributed by atoms with Crippen LogP contribution in [-0.4, -0.2) is 34.3 Å². The zero-order valence-corrected chi connectivity index (χ0v) is 18.3. The molecule has 2 N–H and O–H groups in total.